The first kappa shape index (κ1) is 14.4. The molecule has 1 aliphatic rings. The molecule has 2 aromatic rings. The van der Waals surface area contributed by atoms with E-state index in [1.807, 2.05) is 12.1 Å². The van der Waals surface area contributed by atoms with Crippen molar-refractivity contribution in [2.24, 2.45) is 0 Å². The third kappa shape index (κ3) is 3.57. The number of benzene rings is 1. The fourth-order valence-corrected chi connectivity index (χ4v) is 2.98. The van der Waals surface area contributed by atoms with Gasteiger partial charge in [0.15, 0.2) is 11.3 Å². The molecule has 0 unspecified atom stereocenters. The molecule has 1 aromatic heterocycles. The number of ether oxygens (including phenoxy) is 1. The average Bonchev–Trinajstić information content (AvgIpc) is 3.15. The Morgan fingerprint density at radius 2 is 2.14 bits per heavy atom. The molecule has 1 aromatic carbocycles. The molecule has 21 heavy (non-hydrogen) atoms. The van der Waals surface area contributed by atoms with E-state index in [4.69, 9.17) is 9.15 Å². The first-order chi connectivity index (χ1) is 10.4. The second-order valence-electron chi connectivity index (χ2n) is 5.67. The van der Waals surface area contributed by atoms with Gasteiger partial charge in [0.1, 0.15) is 5.76 Å². The van der Waals surface area contributed by atoms with E-state index in [0.717, 1.165) is 35.6 Å². The molecule has 1 saturated heterocycles. The fourth-order valence-electron chi connectivity index (χ4n) is 2.98. The number of likely N-dealkylation sites (tertiary alicyclic amines) is 1. The first-order valence-corrected chi connectivity index (χ1v) is 7.85. The zero-order valence-electron chi connectivity index (χ0n) is 12.7. The van der Waals surface area contributed by atoms with Gasteiger partial charge in [0.25, 0.3) is 0 Å². The molecule has 114 valence electrons. The summed E-state index contributed by atoms with van der Waals surface area (Å²) in [6.07, 6.45) is 3.94. The van der Waals surface area contributed by atoms with Crippen LogP contribution in [0.2, 0.25) is 0 Å². The molecule has 1 N–H and O–H groups in total. The van der Waals surface area contributed by atoms with Crippen LogP contribution in [0.5, 0.6) is 5.75 Å². The lowest BCUT2D eigenvalue weighted by Crippen LogP contribution is -2.24. The lowest BCUT2D eigenvalue weighted by atomic mass is 10.2. The van der Waals surface area contributed by atoms with E-state index < -0.39 is 0 Å². The van der Waals surface area contributed by atoms with Crippen LogP contribution in [-0.4, -0.2) is 38.2 Å². The van der Waals surface area contributed by atoms with Crippen molar-refractivity contribution >= 4 is 11.0 Å². The summed E-state index contributed by atoms with van der Waals surface area (Å²) < 4.78 is 11.2. The molecule has 4 heteroatoms. The van der Waals surface area contributed by atoms with Gasteiger partial charge in [0.2, 0.25) is 0 Å². The molecule has 0 atom stereocenters. The Hall–Kier alpha value is -1.52. The predicted molar refractivity (Wildman–Crippen MR) is 84.8 cm³/mol. The maximum absolute atomic E-state index is 5.87. The molecule has 0 amide bonds. The Kier molecular flexibility index (Phi) is 4.78. The minimum Gasteiger partial charge on any atom is -0.493 e. The van der Waals surface area contributed by atoms with E-state index in [2.05, 4.69) is 22.3 Å². The molecule has 0 saturated carbocycles. The average molecular weight is 288 g/mol. The molecule has 1 aliphatic heterocycles. The molecule has 2 heterocycles. The van der Waals surface area contributed by atoms with Gasteiger partial charge in [0.05, 0.1) is 13.7 Å². The Morgan fingerprint density at radius 1 is 1.29 bits per heavy atom. The van der Waals surface area contributed by atoms with Crippen molar-refractivity contribution in [3.05, 3.63) is 30.0 Å². The van der Waals surface area contributed by atoms with E-state index in [9.17, 15) is 0 Å². The summed E-state index contributed by atoms with van der Waals surface area (Å²) in [6, 6.07) is 8.06. The summed E-state index contributed by atoms with van der Waals surface area (Å²) >= 11 is 0. The second-order valence-corrected chi connectivity index (χ2v) is 5.67. The van der Waals surface area contributed by atoms with Crippen LogP contribution in [0, 0.1) is 0 Å². The molecule has 0 bridgehead atoms. The summed E-state index contributed by atoms with van der Waals surface area (Å²) in [5.74, 6) is 1.77. The zero-order chi connectivity index (χ0) is 14.5. The highest BCUT2D eigenvalue weighted by Gasteiger charge is 2.10. The lowest BCUT2D eigenvalue weighted by molar-refractivity contribution is 0.330. The van der Waals surface area contributed by atoms with Crippen molar-refractivity contribution in [3.8, 4) is 5.75 Å². The number of furan rings is 1. The van der Waals surface area contributed by atoms with Crippen LogP contribution in [0.15, 0.2) is 28.7 Å². The Bertz CT molecular complexity index is 573. The van der Waals surface area contributed by atoms with Gasteiger partial charge in [-0.1, -0.05) is 12.1 Å². The fraction of sp³-hybridized carbons (Fsp3) is 0.529. The van der Waals surface area contributed by atoms with Crippen LogP contribution in [0.3, 0.4) is 0 Å². The second kappa shape index (κ2) is 6.96. The Balaban J connectivity index is 1.46. The van der Waals surface area contributed by atoms with Crippen molar-refractivity contribution in [2.45, 2.75) is 25.8 Å². The van der Waals surface area contributed by atoms with Crippen molar-refractivity contribution in [1.82, 2.24) is 10.2 Å². The standard InChI is InChI=1S/C17H24N2O2/c1-20-16-7-4-6-14-12-15(21-17(14)16)13-18-8-5-11-19-9-2-3-10-19/h4,6-7,12,18H,2-3,5,8-11,13H2,1H3. The molecular formula is C17H24N2O2. The van der Waals surface area contributed by atoms with E-state index in [1.165, 1.54) is 38.9 Å². The molecule has 0 aliphatic carbocycles. The smallest absolute Gasteiger partial charge is 0.176 e. The Morgan fingerprint density at radius 3 is 2.95 bits per heavy atom. The summed E-state index contributed by atoms with van der Waals surface area (Å²) in [5, 5.41) is 4.56. The topological polar surface area (TPSA) is 37.6 Å². The highest BCUT2D eigenvalue weighted by molar-refractivity contribution is 5.83. The van der Waals surface area contributed by atoms with Crippen LogP contribution < -0.4 is 10.1 Å². The summed E-state index contributed by atoms with van der Waals surface area (Å²) in [4.78, 5) is 2.55. The van der Waals surface area contributed by atoms with Gasteiger partial charge in [-0.05, 0) is 57.6 Å². The summed E-state index contributed by atoms with van der Waals surface area (Å²) in [5.41, 5.74) is 0.842. The van der Waals surface area contributed by atoms with Crippen LogP contribution in [0.1, 0.15) is 25.0 Å². The SMILES string of the molecule is COc1cccc2cc(CNCCCN3CCCC3)oc12. The quantitative estimate of drug-likeness (QED) is 0.795. The third-order valence-electron chi connectivity index (χ3n) is 4.10. The summed E-state index contributed by atoms with van der Waals surface area (Å²) in [6.45, 7) is 5.58. The molecule has 0 spiro atoms. The maximum Gasteiger partial charge on any atom is 0.176 e. The normalized spacial score (nSPS) is 15.9. The molecule has 1 fully saturated rings. The van der Waals surface area contributed by atoms with Crippen LogP contribution in [-0.2, 0) is 6.54 Å². The molecule has 3 rings (SSSR count). The number of hydrogen-bond donors (Lipinski definition) is 1. The van der Waals surface area contributed by atoms with E-state index >= 15 is 0 Å². The largest absolute Gasteiger partial charge is 0.493 e. The highest BCUT2D eigenvalue weighted by Crippen LogP contribution is 2.28. The van der Waals surface area contributed by atoms with Crippen molar-refractivity contribution < 1.29 is 9.15 Å². The van der Waals surface area contributed by atoms with Gasteiger partial charge < -0.3 is 19.4 Å². The van der Waals surface area contributed by atoms with E-state index in [1.54, 1.807) is 7.11 Å². The van der Waals surface area contributed by atoms with Gasteiger partial charge in [-0.2, -0.15) is 0 Å². The van der Waals surface area contributed by atoms with Gasteiger partial charge in [0, 0.05) is 5.39 Å². The molecule has 0 radical (unpaired) electrons. The Labute approximate surface area is 126 Å². The van der Waals surface area contributed by atoms with Gasteiger partial charge in [-0.25, -0.2) is 0 Å². The van der Waals surface area contributed by atoms with Crippen LogP contribution >= 0.6 is 0 Å². The van der Waals surface area contributed by atoms with Crippen LogP contribution in [0.4, 0.5) is 0 Å². The lowest BCUT2D eigenvalue weighted by Gasteiger charge is -2.13. The zero-order valence-corrected chi connectivity index (χ0v) is 12.7. The van der Waals surface area contributed by atoms with Crippen molar-refractivity contribution in [2.75, 3.05) is 33.3 Å². The third-order valence-corrected chi connectivity index (χ3v) is 4.10. The highest BCUT2D eigenvalue weighted by atomic mass is 16.5. The van der Waals surface area contributed by atoms with Gasteiger partial charge in [-0.3, -0.25) is 0 Å². The number of fused-ring (bicyclic) bond motifs is 1. The summed E-state index contributed by atoms with van der Waals surface area (Å²) in [7, 11) is 1.67. The number of para-hydroxylation sites is 1. The van der Waals surface area contributed by atoms with E-state index in [0.29, 0.717) is 0 Å². The minimum absolute atomic E-state index is 0.776. The number of nitrogens with one attached hydrogen (secondary N) is 1. The van der Waals surface area contributed by atoms with Crippen molar-refractivity contribution in [1.29, 1.82) is 0 Å². The number of rotatable bonds is 7. The molecular weight excluding hydrogens is 264 g/mol. The minimum atomic E-state index is 0.776. The van der Waals surface area contributed by atoms with Gasteiger partial charge in [-0.15, -0.1) is 0 Å². The number of methoxy groups -OCH3 is 1. The van der Waals surface area contributed by atoms with Crippen molar-refractivity contribution in [3.63, 3.8) is 0 Å². The monoisotopic (exact) mass is 288 g/mol. The maximum atomic E-state index is 5.87. The molecule has 4 nitrogen and oxygen atoms in total. The first-order valence-electron chi connectivity index (χ1n) is 7.85. The van der Waals surface area contributed by atoms with Gasteiger partial charge >= 0.3 is 0 Å². The van der Waals surface area contributed by atoms with Crippen LogP contribution in [0.25, 0.3) is 11.0 Å². The number of nitrogens with zero attached hydrogens (tertiary/aromatic N) is 1. The predicted octanol–water partition coefficient (Wildman–Crippen LogP) is 3.02. The van der Waals surface area contributed by atoms with E-state index in [-0.39, 0.29) is 0 Å². The number of hydrogen-bond acceptors (Lipinski definition) is 4.